The lowest BCUT2D eigenvalue weighted by Gasteiger charge is -2.15. The first kappa shape index (κ1) is 14.0. The number of hydrogen-bond donors (Lipinski definition) is 1. The van der Waals surface area contributed by atoms with Crippen molar-refractivity contribution in [2.45, 2.75) is 77.7 Å². The fourth-order valence-electron chi connectivity index (χ4n) is 2.81. The van der Waals surface area contributed by atoms with Crippen molar-refractivity contribution in [2.75, 3.05) is 7.05 Å². The molecular formula is C15H31N. The van der Waals surface area contributed by atoms with Gasteiger partial charge in [-0.2, -0.15) is 0 Å². The van der Waals surface area contributed by atoms with E-state index in [0.29, 0.717) is 0 Å². The summed E-state index contributed by atoms with van der Waals surface area (Å²) in [5, 5.41) is 3.51. The van der Waals surface area contributed by atoms with Gasteiger partial charge in [0.2, 0.25) is 0 Å². The van der Waals surface area contributed by atoms with E-state index in [0.717, 1.165) is 17.9 Å². The summed E-state index contributed by atoms with van der Waals surface area (Å²) in [6.45, 7) is 4.67. The molecule has 0 aliphatic heterocycles. The van der Waals surface area contributed by atoms with Gasteiger partial charge in [-0.05, 0) is 31.7 Å². The highest BCUT2D eigenvalue weighted by Gasteiger charge is 2.38. The average molecular weight is 225 g/mol. The molecule has 1 nitrogen and oxygen atoms in total. The lowest BCUT2D eigenvalue weighted by atomic mass is 10.0. The van der Waals surface area contributed by atoms with E-state index < -0.39 is 0 Å². The monoisotopic (exact) mass is 225 g/mol. The topological polar surface area (TPSA) is 12.0 Å². The number of hydrogen-bond acceptors (Lipinski definition) is 1. The van der Waals surface area contributed by atoms with Crippen molar-refractivity contribution < 1.29 is 0 Å². The Morgan fingerprint density at radius 3 is 2.12 bits per heavy atom. The molecule has 3 unspecified atom stereocenters. The highest BCUT2D eigenvalue weighted by Crippen LogP contribution is 2.41. The van der Waals surface area contributed by atoms with E-state index in [9.17, 15) is 0 Å². The van der Waals surface area contributed by atoms with Crippen molar-refractivity contribution in [1.82, 2.24) is 5.32 Å². The van der Waals surface area contributed by atoms with Gasteiger partial charge >= 0.3 is 0 Å². The van der Waals surface area contributed by atoms with Crippen LogP contribution in [0.2, 0.25) is 0 Å². The Kier molecular flexibility index (Phi) is 7.11. The van der Waals surface area contributed by atoms with Crippen LogP contribution < -0.4 is 5.32 Å². The van der Waals surface area contributed by atoms with Gasteiger partial charge < -0.3 is 5.32 Å². The minimum atomic E-state index is 0.811. The number of nitrogens with one attached hydrogen (secondary N) is 1. The van der Waals surface area contributed by atoms with Gasteiger partial charge in [-0.25, -0.2) is 0 Å². The second-order valence-electron chi connectivity index (χ2n) is 5.68. The van der Waals surface area contributed by atoms with Crippen LogP contribution in [-0.2, 0) is 0 Å². The predicted octanol–water partition coefficient (Wildman–Crippen LogP) is 4.37. The molecule has 0 aromatic rings. The lowest BCUT2D eigenvalue weighted by molar-refractivity contribution is 0.427. The van der Waals surface area contributed by atoms with E-state index in [1.807, 2.05) is 0 Å². The molecule has 1 rings (SSSR count). The molecule has 0 spiro atoms. The van der Waals surface area contributed by atoms with E-state index in [1.165, 1.54) is 57.8 Å². The zero-order valence-corrected chi connectivity index (χ0v) is 11.6. The first-order chi connectivity index (χ1) is 7.79. The number of rotatable bonds is 10. The van der Waals surface area contributed by atoms with Gasteiger partial charge in [0.25, 0.3) is 0 Å². The van der Waals surface area contributed by atoms with Crippen LogP contribution in [0.3, 0.4) is 0 Å². The molecule has 0 saturated heterocycles. The molecule has 0 aromatic carbocycles. The minimum absolute atomic E-state index is 0.811. The van der Waals surface area contributed by atoms with Crippen molar-refractivity contribution in [3.63, 3.8) is 0 Å². The molecule has 0 amide bonds. The van der Waals surface area contributed by atoms with Crippen molar-refractivity contribution >= 4 is 0 Å². The van der Waals surface area contributed by atoms with Crippen molar-refractivity contribution in [3.8, 4) is 0 Å². The van der Waals surface area contributed by atoms with E-state index in [1.54, 1.807) is 0 Å². The first-order valence-electron chi connectivity index (χ1n) is 7.46. The van der Waals surface area contributed by atoms with E-state index >= 15 is 0 Å². The van der Waals surface area contributed by atoms with Gasteiger partial charge in [0.05, 0.1) is 0 Å². The summed E-state index contributed by atoms with van der Waals surface area (Å²) in [6.07, 6.45) is 12.9. The van der Waals surface area contributed by atoms with Crippen molar-refractivity contribution in [2.24, 2.45) is 11.8 Å². The average Bonchev–Trinajstić information content (AvgIpc) is 3.00. The van der Waals surface area contributed by atoms with Crippen LogP contribution in [0.15, 0.2) is 0 Å². The van der Waals surface area contributed by atoms with Crippen LogP contribution in [0, 0.1) is 11.8 Å². The first-order valence-corrected chi connectivity index (χ1v) is 7.46. The van der Waals surface area contributed by atoms with E-state index in [4.69, 9.17) is 0 Å². The normalized spacial score (nSPS) is 25.7. The Balaban J connectivity index is 1.89. The third kappa shape index (κ3) is 5.34. The van der Waals surface area contributed by atoms with E-state index in [-0.39, 0.29) is 0 Å². The molecule has 0 bridgehead atoms. The second-order valence-corrected chi connectivity index (χ2v) is 5.68. The molecule has 3 atom stereocenters. The third-order valence-corrected chi connectivity index (χ3v) is 4.18. The highest BCUT2D eigenvalue weighted by molar-refractivity contribution is 4.91. The Labute approximate surface area is 102 Å². The maximum absolute atomic E-state index is 3.51. The lowest BCUT2D eigenvalue weighted by Crippen LogP contribution is -2.27. The third-order valence-electron chi connectivity index (χ3n) is 4.18. The van der Waals surface area contributed by atoms with Gasteiger partial charge in [0, 0.05) is 6.04 Å². The van der Waals surface area contributed by atoms with Crippen LogP contribution in [0.25, 0.3) is 0 Å². The van der Waals surface area contributed by atoms with E-state index in [2.05, 4.69) is 26.2 Å². The summed E-state index contributed by atoms with van der Waals surface area (Å²) in [5.41, 5.74) is 0. The predicted molar refractivity (Wildman–Crippen MR) is 72.7 cm³/mol. The Bertz CT molecular complexity index is 167. The summed E-state index contributed by atoms with van der Waals surface area (Å²) in [6, 6.07) is 0.811. The van der Waals surface area contributed by atoms with Crippen molar-refractivity contribution in [3.05, 3.63) is 0 Å². The van der Waals surface area contributed by atoms with Crippen LogP contribution in [0.4, 0.5) is 0 Å². The number of unbranched alkanes of at least 4 members (excludes halogenated alkanes) is 6. The quantitative estimate of drug-likeness (QED) is 0.544. The van der Waals surface area contributed by atoms with Crippen LogP contribution >= 0.6 is 0 Å². The standard InChI is InChI=1S/C15H31N/c1-4-5-6-7-8-9-10-11-15(16-3)14-12-13(14)2/h13-16H,4-12H2,1-3H3. The maximum Gasteiger partial charge on any atom is 0.00949 e. The largest absolute Gasteiger partial charge is 0.317 e. The summed E-state index contributed by atoms with van der Waals surface area (Å²) >= 11 is 0. The molecule has 1 heteroatoms. The SMILES string of the molecule is CCCCCCCCCC(NC)C1CC1C. The van der Waals surface area contributed by atoms with Gasteiger partial charge in [-0.1, -0.05) is 58.8 Å². The van der Waals surface area contributed by atoms with Gasteiger partial charge in [-0.3, -0.25) is 0 Å². The summed E-state index contributed by atoms with van der Waals surface area (Å²) in [7, 11) is 2.14. The molecule has 1 aliphatic carbocycles. The molecule has 1 aliphatic rings. The smallest absolute Gasteiger partial charge is 0.00949 e. The molecule has 1 saturated carbocycles. The molecule has 96 valence electrons. The maximum atomic E-state index is 3.51. The Morgan fingerprint density at radius 2 is 1.62 bits per heavy atom. The summed E-state index contributed by atoms with van der Waals surface area (Å²) in [4.78, 5) is 0. The zero-order chi connectivity index (χ0) is 11.8. The van der Waals surface area contributed by atoms with Crippen LogP contribution in [0.1, 0.15) is 71.6 Å². The molecule has 0 radical (unpaired) electrons. The highest BCUT2D eigenvalue weighted by atomic mass is 14.9. The molecule has 1 N–H and O–H groups in total. The summed E-state index contributed by atoms with van der Waals surface area (Å²) in [5.74, 6) is 1.98. The Hall–Kier alpha value is -0.0400. The molecular weight excluding hydrogens is 194 g/mol. The van der Waals surface area contributed by atoms with Crippen LogP contribution in [-0.4, -0.2) is 13.1 Å². The molecule has 1 fully saturated rings. The van der Waals surface area contributed by atoms with Crippen LogP contribution in [0.5, 0.6) is 0 Å². The minimum Gasteiger partial charge on any atom is -0.317 e. The van der Waals surface area contributed by atoms with Gasteiger partial charge in [0.15, 0.2) is 0 Å². The molecule has 16 heavy (non-hydrogen) atoms. The fourth-order valence-corrected chi connectivity index (χ4v) is 2.81. The van der Waals surface area contributed by atoms with Crippen molar-refractivity contribution in [1.29, 1.82) is 0 Å². The fraction of sp³-hybridized carbons (Fsp3) is 1.00. The molecule has 0 heterocycles. The molecule has 0 aromatic heterocycles. The second kappa shape index (κ2) is 8.11. The Morgan fingerprint density at radius 1 is 1.06 bits per heavy atom. The van der Waals surface area contributed by atoms with Gasteiger partial charge in [0.1, 0.15) is 0 Å². The van der Waals surface area contributed by atoms with Gasteiger partial charge in [-0.15, -0.1) is 0 Å². The summed E-state index contributed by atoms with van der Waals surface area (Å²) < 4.78 is 0. The zero-order valence-electron chi connectivity index (χ0n) is 11.6.